The summed E-state index contributed by atoms with van der Waals surface area (Å²) in [5, 5.41) is 19.7. The second-order valence-electron chi connectivity index (χ2n) is 4.15. The van der Waals surface area contributed by atoms with Crippen molar-refractivity contribution in [1.29, 1.82) is 0 Å². The van der Waals surface area contributed by atoms with E-state index in [0.717, 1.165) is 10.8 Å². The molecule has 0 aliphatic rings. The lowest BCUT2D eigenvalue weighted by Crippen LogP contribution is -2.06. The van der Waals surface area contributed by atoms with Crippen LogP contribution in [0.1, 0.15) is 12.0 Å². The highest BCUT2D eigenvalue weighted by molar-refractivity contribution is 5.97. The number of fused-ring (bicyclic) bond motifs is 1. The Morgan fingerprint density at radius 3 is 2.32 bits per heavy atom. The third kappa shape index (κ3) is 3.19. The summed E-state index contributed by atoms with van der Waals surface area (Å²) in [5.74, 6) is -2.37. The van der Waals surface area contributed by atoms with Crippen LogP contribution in [0.5, 0.6) is 0 Å². The first-order valence-electron chi connectivity index (χ1n) is 5.71. The third-order valence-electron chi connectivity index (χ3n) is 2.73. The Bertz CT molecular complexity index is 671. The summed E-state index contributed by atoms with van der Waals surface area (Å²) >= 11 is 0. The largest absolute Gasteiger partial charge is 0.481 e. The molecule has 0 fully saturated rings. The van der Waals surface area contributed by atoms with Crippen LogP contribution in [0.2, 0.25) is 0 Å². The van der Waals surface area contributed by atoms with Crippen molar-refractivity contribution in [1.82, 2.24) is 0 Å². The Hall–Kier alpha value is -2.62. The molecule has 4 nitrogen and oxygen atoms in total. The van der Waals surface area contributed by atoms with Gasteiger partial charge in [-0.05, 0) is 28.5 Å². The number of rotatable bonds is 4. The maximum atomic E-state index is 11.0. The summed E-state index contributed by atoms with van der Waals surface area (Å²) in [6.07, 6.45) is 0.894. The summed E-state index contributed by atoms with van der Waals surface area (Å²) in [7, 11) is 0. The number of aliphatic carboxylic acids is 2. The molecule has 19 heavy (non-hydrogen) atoms. The SMILES string of the molecule is O=C(O)CC(=Cc1ccc2ccccc2c1)C(=O)O. The lowest BCUT2D eigenvalue weighted by Gasteiger charge is -2.02. The predicted octanol–water partition coefficient (Wildman–Crippen LogP) is 2.78. The third-order valence-corrected chi connectivity index (χ3v) is 2.73. The molecule has 0 unspecified atom stereocenters. The van der Waals surface area contributed by atoms with Crippen LogP contribution in [0.25, 0.3) is 16.8 Å². The molecule has 0 amide bonds. The van der Waals surface area contributed by atoms with Gasteiger partial charge in [-0.2, -0.15) is 0 Å². The van der Waals surface area contributed by atoms with Gasteiger partial charge in [0.15, 0.2) is 0 Å². The van der Waals surface area contributed by atoms with E-state index in [2.05, 4.69) is 0 Å². The van der Waals surface area contributed by atoms with Crippen LogP contribution in [0.15, 0.2) is 48.0 Å². The molecule has 0 saturated heterocycles. The summed E-state index contributed by atoms with van der Waals surface area (Å²) in [6, 6.07) is 13.2. The van der Waals surface area contributed by atoms with Crippen LogP contribution in [0, 0.1) is 0 Å². The zero-order valence-electron chi connectivity index (χ0n) is 10.0. The molecule has 2 N–H and O–H groups in total. The molecule has 0 aliphatic heterocycles. The first kappa shape index (κ1) is 12.8. The average Bonchev–Trinajstić information content (AvgIpc) is 2.37. The minimum Gasteiger partial charge on any atom is -0.481 e. The predicted molar refractivity (Wildman–Crippen MR) is 71.8 cm³/mol. The number of benzene rings is 2. The maximum Gasteiger partial charge on any atom is 0.332 e. The van der Waals surface area contributed by atoms with Crippen molar-refractivity contribution in [2.24, 2.45) is 0 Å². The molecule has 2 aromatic rings. The van der Waals surface area contributed by atoms with Crippen molar-refractivity contribution >= 4 is 28.8 Å². The average molecular weight is 256 g/mol. The Balaban J connectivity index is 2.42. The minimum absolute atomic E-state index is 0.136. The fourth-order valence-electron chi connectivity index (χ4n) is 1.85. The van der Waals surface area contributed by atoms with Crippen LogP contribution in [0.3, 0.4) is 0 Å². The van der Waals surface area contributed by atoms with Crippen LogP contribution in [-0.4, -0.2) is 22.2 Å². The molecule has 0 bridgehead atoms. The minimum atomic E-state index is -1.21. The van der Waals surface area contributed by atoms with Gasteiger partial charge in [0.2, 0.25) is 0 Å². The van der Waals surface area contributed by atoms with Gasteiger partial charge >= 0.3 is 11.9 Å². The fourth-order valence-corrected chi connectivity index (χ4v) is 1.85. The van der Waals surface area contributed by atoms with Gasteiger partial charge in [-0.25, -0.2) is 4.79 Å². The fraction of sp³-hybridized carbons (Fsp3) is 0.0667. The molecular weight excluding hydrogens is 244 g/mol. The van der Waals surface area contributed by atoms with Gasteiger partial charge in [-0.3, -0.25) is 4.79 Å². The zero-order valence-corrected chi connectivity index (χ0v) is 10.0. The lowest BCUT2D eigenvalue weighted by atomic mass is 10.0. The molecule has 2 rings (SSSR count). The van der Waals surface area contributed by atoms with Crippen molar-refractivity contribution in [3.8, 4) is 0 Å². The van der Waals surface area contributed by atoms with E-state index < -0.39 is 18.4 Å². The standard InChI is InChI=1S/C15H12O4/c16-14(17)9-13(15(18)19)8-10-5-6-11-3-1-2-4-12(11)7-10/h1-8H,9H2,(H,16,17)(H,18,19). The van der Waals surface area contributed by atoms with E-state index in [0.29, 0.717) is 5.56 Å². The van der Waals surface area contributed by atoms with E-state index in [1.54, 1.807) is 6.07 Å². The second kappa shape index (κ2) is 5.35. The van der Waals surface area contributed by atoms with Gasteiger partial charge in [0.05, 0.1) is 6.42 Å². The Morgan fingerprint density at radius 1 is 1.00 bits per heavy atom. The smallest absolute Gasteiger partial charge is 0.332 e. The highest BCUT2D eigenvalue weighted by Crippen LogP contribution is 2.18. The molecule has 0 heterocycles. The molecule has 0 spiro atoms. The summed E-state index contributed by atoms with van der Waals surface area (Å²) in [6.45, 7) is 0. The van der Waals surface area contributed by atoms with Crippen LogP contribution in [-0.2, 0) is 9.59 Å². The van der Waals surface area contributed by atoms with Gasteiger partial charge in [-0.1, -0.05) is 36.4 Å². The number of hydrogen-bond donors (Lipinski definition) is 2. The van der Waals surface area contributed by atoms with Gasteiger partial charge in [-0.15, -0.1) is 0 Å². The normalized spacial score (nSPS) is 11.5. The van der Waals surface area contributed by atoms with Gasteiger partial charge in [0.25, 0.3) is 0 Å². The highest BCUT2D eigenvalue weighted by atomic mass is 16.4. The number of hydrogen-bond acceptors (Lipinski definition) is 2. The molecule has 0 aromatic heterocycles. The molecule has 0 atom stereocenters. The van der Waals surface area contributed by atoms with Gasteiger partial charge < -0.3 is 10.2 Å². The number of carboxylic acids is 2. The van der Waals surface area contributed by atoms with E-state index in [1.807, 2.05) is 36.4 Å². The lowest BCUT2D eigenvalue weighted by molar-refractivity contribution is -0.139. The molecular formula is C15H12O4. The van der Waals surface area contributed by atoms with E-state index in [-0.39, 0.29) is 5.57 Å². The van der Waals surface area contributed by atoms with Crippen LogP contribution < -0.4 is 0 Å². The Morgan fingerprint density at radius 2 is 1.68 bits per heavy atom. The highest BCUT2D eigenvalue weighted by Gasteiger charge is 2.11. The van der Waals surface area contributed by atoms with Gasteiger partial charge in [0.1, 0.15) is 0 Å². The monoisotopic (exact) mass is 256 g/mol. The zero-order chi connectivity index (χ0) is 13.8. The molecule has 96 valence electrons. The van der Waals surface area contributed by atoms with E-state index >= 15 is 0 Å². The van der Waals surface area contributed by atoms with E-state index in [4.69, 9.17) is 10.2 Å². The quantitative estimate of drug-likeness (QED) is 0.825. The molecule has 0 saturated carbocycles. The van der Waals surface area contributed by atoms with Crippen molar-refractivity contribution < 1.29 is 19.8 Å². The van der Waals surface area contributed by atoms with E-state index in [9.17, 15) is 9.59 Å². The number of carbonyl (C=O) groups is 2. The van der Waals surface area contributed by atoms with E-state index in [1.165, 1.54) is 6.08 Å². The van der Waals surface area contributed by atoms with Gasteiger partial charge in [0, 0.05) is 5.57 Å². The summed E-state index contributed by atoms with van der Waals surface area (Å²) < 4.78 is 0. The van der Waals surface area contributed by atoms with Crippen LogP contribution >= 0.6 is 0 Å². The molecule has 0 aliphatic carbocycles. The molecule has 0 radical (unpaired) electrons. The molecule has 2 aromatic carbocycles. The Kier molecular flexibility index (Phi) is 3.61. The Labute approximate surface area is 109 Å². The van der Waals surface area contributed by atoms with Crippen molar-refractivity contribution in [2.45, 2.75) is 6.42 Å². The summed E-state index contributed by atoms with van der Waals surface area (Å²) in [4.78, 5) is 21.6. The van der Waals surface area contributed by atoms with Crippen molar-refractivity contribution in [2.75, 3.05) is 0 Å². The van der Waals surface area contributed by atoms with Crippen molar-refractivity contribution in [3.05, 3.63) is 53.6 Å². The van der Waals surface area contributed by atoms with Crippen LogP contribution in [0.4, 0.5) is 0 Å². The maximum absolute atomic E-state index is 11.0. The second-order valence-corrected chi connectivity index (χ2v) is 4.15. The molecule has 4 heteroatoms. The first-order chi connectivity index (χ1) is 9.06. The summed E-state index contributed by atoms with van der Waals surface area (Å²) in [5.41, 5.74) is 0.542. The number of carboxylic acid groups (broad SMARTS) is 2. The first-order valence-corrected chi connectivity index (χ1v) is 5.71. The van der Waals surface area contributed by atoms with Crippen molar-refractivity contribution in [3.63, 3.8) is 0 Å². The topological polar surface area (TPSA) is 74.6 Å².